The number of ether oxygens (including phenoxy) is 2. The van der Waals surface area contributed by atoms with Crippen LogP contribution < -0.4 is 15.2 Å². The van der Waals surface area contributed by atoms with E-state index in [1.807, 2.05) is 0 Å². The van der Waals surface area contributed by atoms with Gasteiger partial charge in [0.05, 0.1) is 13.7 Å². The van der Waals surface area contributed by atoms with Crippen molar-refractivity contribution in [2.75, 3.05) is 13.7 Å². The van der Waals surface area contributed by atoms with Gasteiger partial charge >= 0.3 is 13.7 Å². The Kier molecular flexibility index (Phi) is 8.09. The van der Waals surface area contributed by atoms with Crippen molar-refractivity contribution in [3.05, 3.63) is 57.7 Å². The zero-order valence-electron chi connectivity index (χ0n) is 18.6. The van der Waals surface area contributed by atoms with Crippen LogP contribution in [-0.2, 0) is 23.4 Å². The van der Waals surface area contributed by atoms with Crippen LogP contribution in [0.1, 0.15) is 20.1 Å². The molecule has 0 bridgehead atoms. The summed E-state index contributed by atoms with van der Waals surface area (Å²) in [6.45, 7) is 2.25. The summed E-state index contributed by atoms with van der Waals surface area (Å²) in [5.74, 6) is -0.499. The van der Waals surface area contributed by atoms with Crippen LogP contribution in [0, 0.1) is 4.77 Å². The van der Waals surface area contributed by atoms with Gasteiger partial charge in [0.2, 0.25) is 0 Å². The fraction of sp³-hybridized carbons (Fsp3) is 0.450. The monoisotopic (exact) mass is 515 g/mol. The first-order valence-electron chi connectivity index (χ1n) is 10.2. The number of H-pyrrole nitrogens is 1. The number of carbonyl (C=O) groups is 1. The first-order chi connectivity index (χ1) is 16.0. The van der Waals surface area contributed by atoms with Crippen molar-refractivity contribution in [1.29, 1.82) is 0 Å². The quantitative estimate of drug-likeness (QED) is 0.216. The molecule has 3 rings (SSSR count). The fourth-order valence-electron chi connectivity index (χ4n) is 3.34. The van der Waals surface area contributed by atoms with Gasteiger partial charge in [0, 0.05) is 12.3 Å². The van der Waals surface area contributed by atoms with Crippen LogP contribution in [0.4, 0.5) is 0 Å². The third-order valence-corrected chi connectivity index (χ3v) is 7.10. The molecule has 0 saturated carbocycles. The summed E-state index contributed by atoms with van der Waals surface area (Å²) in [5.41, 5.74) is -2.29. The summed E-state index contributed by atoms with van der Waals surface area (Å²) in [4.78, 5) is 25.7. The van der Waals surface area contributed by atoms with E-state index in [9.17, 15) is 24.4 Å². The van der Waals surface area contributed by atoms with E-state index in [1.165, 1.54) is 37.8 Å². The van der Waals surface area contributed by atoms with E-state index in [2.05, 4.69) is 14.8 Å². The molecule has 1 saturated heterocycles. The summed E-state index contributed by atoms with van der Waals surface area (Å²) >= 11 is 5.12. The molecule has 0 radical (unpaired) electrons. The second-order valence-electron chi connectivity index (χ2n) is 7.79. The second-order valence-corrected chi connectivity index (χ2v) is 9.87. The minimum atomic E-state index is -4.19. The Morgan fingerprint density at radius 3 is 2.68 bits per heavy atom. The van der Waals surface area contributed by atoms with Crippen LogP contribution in [0.15, 0.2) is 47.4 Å². The van der Waals surface area contributed by atoms with Gasteiger partial charge in [-0.2, -0.15) is 5.09 Å². The SMILES string of the molecule is COC(=O)[C@H](C)NP(=O)(OC[C@H]1O[C@@H](n2ccc(=O)[nH]c2=S)C(C)(O)[C@H]1O)Oc1ccccc1. The van der Waals surface area contributed by atoms with Gasteiger partial charge in [-0.15, -0.1) is 0 Å². The lowest BCUT2D eigenvalue weighted by Crippen LogP contribution is -2.45. The third kappa shape index (κ3) is 5.81. The predicted molar refractivity (Wildman–Crippen MR) is 122 cm³/mol. The number of hydrogen-bond donors (Lipinski definition) is 4. The fourth-order valence-corrected chi connectivity index (χ4v) is 5.10. The Morgan fingerprint density at radius 2 is 2.06 bits per heavy atom. The van der Waals surface area contributed by atoms with Crippen LogP contribution in [-0.4, -0.2) is 63.3 Å². The van der Waals surface area contributed by atoms with Crippen LogP contribution in [0.5, 0.6) is 5.75 Å². The second kappa shape index (κ2) is 10.5. The molecule has 0 amide bonds. The summed E-state index contributed by atoms with van der Waals surface area (Å²) in [5, 5.41) is 24.1. The number of benzene rings is 1. The molecule has 12 nitrogen and oxygen atoms in total. The van der Waals surface area contributed by atoms with Crippen molar-refractivity contribution in [3.63, 3.8) is 0 Å². The Hall–Kier alpha value is -2.38. The molecule has 2 heterocycles. The number of aliphatic hydroxyl groups is 2. The molecule has 186 valence electrons. The average Bonchev–Trinajstić information content (AvgIpc) is 3.01. The van der Waals surface area contributed by atoms with E-state index in [0.717, 1.165) is 0 Å². The topological polar surface area (TPSA) is 161 Å². The minimum absolute atomic E-state index is 0.0294. The Morgan fingerprint density at radius 1 is 1.38 bits per heavy atom. The predicted octanol–water partition coefficient (Wildman–Crippen LogP) is 1.27. The lowest BCUT2D eigenvalue weighted by Gasteiger charge is -2.28. The molecule has 2 unspecified atom stereocenters. The summed E-state index contributed by atoms with van der Waals surface area (Å²) in [6, 6.07) is 8.26. The van der Waals surface area contributed by atoms with Gasteiger partial charge in [-0.25, -0.2) is 4.57 Å². The van der Waals surface area contributed by atoms with Crippen LogP contribution in [0.3, 0.4) is 0 Å². The number of aromatic nitrogens is 2. The molecule has 1 fully saturated rings. The van der Waals surface area contributed by atoms with Gasteiger partial charge in [0.15, 0.2) is 11.0 Å². The summed E-state index contributed by atoms with van der Waals surface area (Å²) < 4.78 is 36.1. The molecule has 2 aromatic rings. The zero-order valence-corrected chi connectivity index (χ0v) is 20.3. The molecule has 1 aromatic heterocycles. The van der Waals surface area contributed by atoms with Gasteiger partial charge in [-0.3, -0.25) is 23.7 Å². The molecular weight excluding hydrogens is 489 g/mol. The normalized spacial score (nSPS) is 27.0. The largest absolute Gasteiger partial charge is 0.468 e. The molecule has 1 aliphatic heterocycles. The lowest BCUT2D eigenvalue weighted by molar-refractivity contribution is -0.142. The first-order valence-corrected chi connectivity index (χ1v) is 12.1. The molecule has 1 aromatic carbocycles. The Labute approximate surface area is 200 Å². The van der Waals surface area contributed by atoms with E-state index >= 15 is 0 Å². The van der Waals surface area contributed by atoms with Crippen molar-refractivity contribution >= 4 is 25.9 Å². The van der Waals surface area contributed by atoms with Gasteiger partial charge in [-0.1, -0.05) is 18.2 Å². The molecular formula is C20H26N3O9PS. The number of hydrogen-bond acceptors (Lipinski definition) is 10. The van der Waals surface area contributed by atoms with Gasteiger partial charge in [-0.05, 0) is 38.2 Å². The first kappa shape index (κ1) is 26.2. The van der Waals surface area contributed by atoms with Gasteiger partial charge < -0.3 is 24.2 Å². The highest BCUT2D eigenvalue weighted by Gasteiger charge is 2.53. The molecule has 0 spiro atoms. The standard InChI is InChI=1S/C20H26N3O9PS/c1-12(17(26)29-3)22-33(28,32-13-7-5-4-6-8-13)30-11-14-16(25)20(2,27)18(31-14)23-10-9-15(24)21-19(23)34/h4-10,12,14,16,18,25,27H,11H2,1-3H3,(H,22,28)(H,21,24,34)/t12-,14+,16-,18+,20?,33?/m0/s1. The zero-order chi connectivity index (χ0) is 25.1. The number of nitrogens with zero attached hydrogens (tertiary/aromatic N) is 1. The number of carbonyl (C=O) groups excluding carboxylic acids is 1. The van der Waals surface area contributed by atoms with Crippen molar-refractivity contribution in [3.8, 4) is 5.75 Å². The van der Waals surface area contributed by atoms with Crippen LogP contribution in [0.25, 0.3) is 0 Å². The Bertz CT molecular complexity index is 1170. The van der Waals surface area contributed by atoms with Crippen molar-refractivity contribution in [1.82, 2.24) is 14.6 Å². The Balaban J connectivity index is 1.80. The lowest BCUT2D eigenvalue weighted by atomic mass is 9.96. The molecule has 0 aliphatic carbocycles. The minimum Gasteiger partial charge on any atom is -0.468 e. The summed E-state index contributed by atoms with van der Waals surface area (Å²) in [6.07, 6.45) is -2.53. The highest BCUT2D eigenvalue weighted by Crippen LogP contribution is 2.47. The number of aromatic amines is 1. The van der Waals surface area contributed by atoms with Gasteiger partial charge in [0.25, 0.3) is 5.56 Å². The van der Waals surface area contributed by atoms with Crippen molar-refractivity contribution < 1.29 is 38.1 Å². The number of para-hydroxylation sites is 1. The number of methoxy groups -OCH3 is 1. The number of esters is 1. The van der Waals surface area contributed by atoms with E-state index < -0.39 is 56.0 Å². The van der Waals surface area contributed by atoms with E-state index in [-0.39, 0.29) is 10.5 Å². The molecule has 4 N–H and O–H groups in total. The molecule has 6 atom stereocenters. The maximum Gasteiger partial charge on any atom is 0.459 e. The third-order valence-electron chi connectivity index (χ3n) is 5.14. The molecule has 14 heteroatoms. The van der Waals surface area contributed by atoms with E-state index in [0.29, 0.717) is 0 Å². The smallest absolute Gasteiger partial charge is 0.459 e. The van der Waals surface area contributed by atoms with Crippen molar-refractivity contribution in [2.45, 2.75) is 43.9 Å². The van der Waals surface area contributed by atoms with Gasteiger partial charge in [0.1, 0.15) is 29.6 Å². The number of rotatable bonds is 9. The highest BCUT2D eigenvalue weighted by molar-refractivity contribution is 7.71. The number of nitrogens with one attached hydrogen (secondary N) is 2. The highest BCUT2D eigenvalue weighted by atomic mass is 32.1. The van der Waals surface area contributed by atoms with Crippen LogP contribution >= 0.6 is 20.0 Å². The molecule has 1 aliphatic rings. The summed E-state index contributed by atoms with van der Waals surface area (Å²) in [7, 11) is -3.01. The number of aliphatic hydroxyl groups excluding tert-OH is 1. The van der Waals surface area contributed by atoms with E-state index in [1.54, 1.807) is 30.3 Å². The average molecular weight is 515 g/mol. The molecule has 34 heavy (non-hydrogen) atoms. The maximum atomic E-state index is 13.5. The van der Waals surface area contributed by atoms with Crippen LogP contribution in [0.2, 0.25) is 0 Å². The van der Waals surface area contributed by atoms with Crippen molar-refractivity contribution in [2.24, 2.45) is 0 Å². The van der Waals surface area contributed by atoms with E-state index in [4.69, 9.17) is 26.0 Å². The maximum absolute atomic E-state index is 13.5.